The molecule has 0 saturated carbocycles. The van der Waals surface area contributed by atoms with Gasteiger partial charge in [0.05, 0.1) is 23.1 Å². The normalized spacial score (nSPS) is 10.2. The van der Waals surface area contributed by atoms with Crippen LogP contribution in [0.4, 0.5) is 0 Å². The van der Waals surface area contributed by atoms with Crippen molar-refractivity contribution in [3.63, 3.8) is 0 Å². The van der Waals surface area contributed by atoms with Crippen molar-refractivity contribution in [3.05, 3.63) is 73.1 Å². The van der Waals surface area contributed by atoms with Crippen LogP contribution in [0.2, 0.25) is 0 Å². The molecule has 0 atom stereocenters. The van der Waals surface area contributed by atoms with E-state index in [4.69, 9.17) is 0 Å². The number of hydrogen-bond acceptors (Lipinski definition) is 3. The van der Waals surface area contributed by atoms with E-state index in [0.29, 0.717) is 0 Å². The molecule has 0 aliphatic carbocycles. The van der Waals surface area contributed by atoms with Crippen LogP contribution in [0, 0.1) is 0 Å². The van der Waals surface area contributed by atoms with E-state index in [9.17, 15) is 0 Å². The van der Waals surface area contributed by atoms with Crippen molar-refractivity contribution in [2.24, 2.45) is 0 Å². The lowest BCUT2D eigenvalue weighted by Gasteiger charge is -2.00. The van der Waals surface area contributed by atoms with Gasteiger partial charge in [-0.25, -0.2) is 9.97 Å². The first-order chi connectivity index (χ1) is 10.9. The van der Waals surface area contributed by atoms with Crippen molar-refractivity contribution in [2.45, 2.75) is 10.6 Å². The fourth-order valence-corrected chi connectivity index (χ4v) is 3.15. The zero-order valence-electron chi connectivity index (χ0n) is 12.6. The molecule has 0 aliphatic heterocycles. The first kappa shape index (κ1) is 18.4. The van der Waals surface area contributed by atoms with Crippen molar-refractivity contribution in [3.8, 4) is 5.69 Å². The lowest BCUT2D eigenvalue weighted by molar-refractivity contribution is 1.06. The molecule has 2 heterocycles. The standard InChI is InChI=1S/C17H14N4S.2ClH/c1-2-4-14(5-3-1)22-11-17-19-15-7-6-13(10-16(15)20-17)21-9-8-18-12-21;;/h1-10,12H,11H2,(H,19,20);2*1H. The number of nitrogens with one attached hydrogen (secondary N) is 1. The average Bonchev–Trinajstić information content (AvgIpc) is 3.22. The summed E-state index contributed by atoms with van der Waals surface area (Å²) < 4.78 is 1.98. The summed E-state index contributed by atoms with van der Waals surface area (Å²) in [5.41, 5.74) is 3.12. The number of imidazole rings is 2. The molecule has 0 aliphatic rings. The highest BCUT2D eigenvalue weighted by Gasteiger charge is 2.05. The van der Waals surface area contributed by atoms with Crippen LogP contribution in [-0.4, -0.2) is 19.5 Å². The minimum atomic E-state index is 0. The van der Waals surface area contributed by atoms with E-state index < -0.39 is 0 Å². The maximum Gasteiger partial charge on any atom is 0.117 e. The summed E-state index contributed by atoms with van der Waals surface area (Å²) in [6.07, 6.45) is 5.51. The topological polar surface area (TPSA) is 46.5 Å². The number of aromatic amines is 1. The van der Waals surface area contributed by atoms with Crippen LogP contribution in [0.25, 0.3) is 16.7 Å². The van der Waals surface area contributed by atoms with Crippen LogP contribution < -0.4 is 0 Å². The van der Waals surface area contributed by atoms with Gasteiger partial charge in [-0.15, -0.1) is 36.6 Å². The van der Waals surface area contributed by atoms with Gasteiger partial charge in [-0.05, 0) is 30.3 Å². The summed E-state index contributed by atoms with van der Waals surface area (Å²) >= 11 is 1.78. The molecule has 0 amide bonds. The number of aromatic nitrogens is 4. The molecule has 0 radical (unpaired) electrons. The highest BCUT2D eigenvalue weighted by atomic mass is 35.5. The third-order valence-electron chi connectivity index (χ3n) is 3.44. The van der Waals surface area contributed by atoms with E-state index in [2.05, 4.69) is 51.4 Å². The molecule has 2 aromatic carbocycles. The van der Waals surface area contributed by atoms with Crippen molar-refractivity contribution >= 4 is 47.6 Å². The molecule has 4 aromatic rings. The van der Waals surface area contributed by atoms with Crippen molar-refractivity contribution in [1.82, 2.24) is 19.5 Å². The first-order valence-corrected chi connectivity index (χ1v) is 8.02. The Balaban J connectivity index is 0.00000104. The quantitative estimate of drug-likeness (QED) is 0.514. The largest absolute Gasteiger partial charge is 0.341 e. The number of rotatable bonds is 4. The summed E-state index contributed by atoms with van der Waals surface area (Å²) in [5.74, 6) is 1.82. The highest BCUT2D eigenvalue weighted by molar-refractivity contribution is 7.98. The number of benzene rings is 2. The Morgan fingerprint density at radius 2 is 1.88 bits per heavy atom. The summed E-state index contributed by atoms with van der Waals surface area (Å²) in [4.78, 5) is 13.4. The van der Waals surface area contributed by atoms with E-state index in [1.165, 1.54) is 4.90 Å². The van der Waals surface area contributed by atoms with Crippen LogP contribution >= 0.6 is 36.6 Å². The molecule has 24 heavy (non-hydrogen) atoms. The van der Waals surface area contributed by atoms with E-state index >= 15 is 0 Å². The molecule has 124 valence electrons. The Kier molecular flexibility index (Phi) is 6.31. The summed E-state index contributed by atoms with van der Waals surface area (Å²) in [6.45, 7) is 0. The number of nitrogens with zero attached hydrogens (tertiary/aromatic N) is 3. The number of thioether (sulfide) groups is 1. The van der Waals surface area contributed by atoms with Gasteiger partial charge in [0, 0.05) is 23.0 Å². The maximum atomic E-state index is 4.65. The van der Waals surface area contributed by atoms with Gasteiger partial charge in [-0.3, -0.25) is 0 Å². The molecule has 0 saturated heterocycles. The van der Waals surface area contributed by atoms with Gasteiger partial charge < -0.3 is 9.55 Å². The zero-order chi connectivity index (χ0) is 14.8. The Morgan fingerprint density at radius 1 is 1.04 bits per heavy atom. The Labute approximate surface area is 156 Å². The van der Waals surface area contributed by atoms with E-state index in [-0.39, 0.29) is 24.8 Å². The van der Waals surface area contributed by atoms with E-state index in [1.54, 1.807) is 24.3 Å². The van der Waals surface area contributed by atoms with Gasteiger partial charge >= 0.3 is 0 Å². The van der Waals surface area contributed by atoms with Gasteiger partial charge in [-0.1, -0.05) is 18.2 Å². The predicted molar refractivity (Wildman–Crippen MR) is 104 cm³/mol. The molecule has 0 bridgehead atoms. The minimum absolute atomic E-state index is 0. The fraction of sp³-hybridized carbons (Fsp3) is 0.0588. The maximum absolute atomic E-state index is 4.65. The lowest BCUT2D eigenvalue weighted by atomic mass is 10.3. The molecule has 2 aromatic heterocycles. The first-order valence-electron chi connectivity index (χ1n) is 7.03. The summed E-state index contributed by atoms with van der Waals surface area (Å²) in [7, 11) is 0. The summed E-state index contributed by atoms with van der Waals surface area (Å²) in [6, 6.07) is 16.6. The van der Waals surface area contributed by atoms with E-state index in [1.807, 2.05) is 22.9 Å². The number of H-pyrrole nitrogens is 1. The molecule has 4 rings (SSSR count). The van der Waals surface area contributed by atoms with Crippen LogP contribution in [0.3, 0.4) is 0 Å². The fourth-order valence-electron chi connectivity index (χ4n) is 2.36. The van der Waals surface area contributed by atoms with Crippen molar-refractivity contribution in [1.29, 1.82) is 0 Å². The van der Waals surface area contributed by atoms with Crippen LogP contribution in [0.5, 0.6) is 0 Å². The minimum Gasteiger partial charge on any atom is -0.341 e. The predicted octanol–water partition coefficient (Wildman–Crippen LogP) is 4.88. The molecular formula is C17H16Cl2N4S. The zero-order valence-corrected chi connectivity index (χ0v) is 15.1. The highest BCUT2D eigenvalue weighted by Crippen LogP contribution is 2.23. The molecular weight excluding hydrogens is 363 g/mol. The van der Waals surface area contributed by atoms with Crippen LogP contribution in [0.1, 0.15) is 5.82 Å². The van der Waals surface area contributed by atoms with Crippen LogP contribution in [-0.2, 0) is 5.75 Å². The van der Waals surface area contributed by atoms with Crippen molar-refractivity contribution < 1.29 is 0 Å². The van der Waals surface area contributed by atoms with Crippen LogP contribution in [0.15, 0.2) is 72.1 Å². The number of halogens is 2. The monoisotopic (exact) mass is 378 g/mol. The Hall–Kier alpha value is -1.95. The second-order valence-corrected chi connectivity index (χ2v) is 6.01. The average molecular weight is 379 g/mol. The SMILES string of the molecule is Cl.Cl.c1ccc(SCc2nc3ccc(-n4ccnc4)cc3[nH]2)cc1. The van der Waals surface area contributed by atoms with E-state index in [0.717, 1.165) is 28.3 Å². The molecule has 0 fully saturated rings. The Bertz CT molecular complexity index is 892. The van der Waals surface area contributed by atoms with Gasteiger partial charge in [0.2, 0.25) is 0 Å². The molecule has 1 N–H and O–H groups in total. The second-order valence-electron chi connectivity index (χ2n) is 4.96. The smallest absolute Gasteiger partial charge is 0.117 e. The third kappa shape index (κ3) is 3.93. The molecule has 7 heteroatoms. The third-order valence-corrected chi connectivity index (χ3v) is 4.46. The summed E-state index contributed by atoms with van der Waals surface area (Å²) in [5, 5.41) is 0. The number of fused-ring (bicyclic) bond motifs is 1. The van der Waals surface area contributed by atoms with Gasteiger partial charge in [0.1, 0.15) is 5.82 Å². The van der Waals surface area contributed by atoms with Gasteiger partial charge in [0.15, 0.2) is 0 Å². The van der Waals surface area contributed by atoms with Gasteiger partial charge in [-0.2, -0.15) is 0 Å². The second kappa shape index (κ2) is 8.24. The van der Waals surface area contributed by atoms with Crippen molar-refractivity contribution in [2.75, 3.05) is 0 Å². The molecule has 0 spiro atoms. The number of hydrogen-bond donors (Lipinski definition) is 1. The lowest BCUT2D eigenvalue weighted by Crippen LogP contribution is -1.88. The molecule has 0 unspecified atom stereocenters. The van der Waals surface area contributed by atoms with Gasteiger partial charge in [0.25, 0.3) is 0 Å². The Morgan fingerprint density at radius 3 is 2.62 bits per heavy atom. The molecule has 4 nitrogen and oxygen atoms in total.